The summed E-state index contributed by atoms with van der Waals surface area (Å²) in [7, 11) is -0.880. The third-order valence-corrected chi connectivity index (χ3v) is 6.15. The van der Waals surface area contributed by atoms with Crippen LogP contribution in [-0.2, 0) is 21.3 Å². The van der Waals surface area contributed by atoms with Gasteiger partial charge in [-0.25, -0.2) is 13.2 Å². The predicted molar refractivity (Wildman–Crippen MR) is 109 cm³/mol. The molecule has 0 fully saturated rings. The fraction of sp³-hybridized carbons (Fsp3) is 0.316. The first-order valence-corrected chi connectivity index (χ1v) is 9.81. The number of sulfonamides is 1. The molecular formula is C19H23NO6S2. The Morgan fingerprint density at radius 3 is 2.43 bits per heavy atom. The van der Waals surface area contributed by atoms with E-state index in [1.54, 1.807) is 37.3 Å². The zero-order valence-corrected chi connectivity index (χ0v) is 17.7. The zero-order valence-electron chi connectivity index (χ0n) is 15.8. The van der Waals surface area contributed by atoms with E-state index >= 15 is 0 Å². The van der Waals surface area contributed by atoms with E-state index in [9.17, 15) is 13.2 Å². The summed E-state index contributed by atoms with van der Waals surface area (Å²) in [5, 5.41) is 0. The number of benzene rings is 2. The first-order valence-electron chi connectivity index (χ1n) is 8.37. The molecule has 0 spiro atoms. The van der Waals surface area contributed by atoms with Crippen LogP contribution in [0.5, 0.6) is 11.5 Å². The molecule has 9 heteroatoms. The summed E-state index contributed by atoms with van der Waals surface area (Å²) in [4.78, 5) is 11.9. The molecule has 2 aromatic carbocycles. The van der Waals surface area contributed by atoms with Gasteiger partial charge in [-0.05, 0) is 43.3 Å². The Labute approximate surface area is 171 Å². The van der Waals surface area contributed by atoms with Crippen LogP contribution in [0.25, 0.3) is 0 Å². The molecular weight excluding hydrogens is 402 g/mol. The Hall–Kier alpha value is -2.23. The average molecular weight is 426 g/mol. The maximum Gasteiger partial charge on any atom is 0.337 e. The van der Waals surface area contributed by atoms with Crippen molar-refractivity contribution in [1.82, 2.24) is 4.31 Å². The van der Waals surface area contributed by atoms with Gasteiger partial charge in [0.1, 0.15) is 17.6 Å². The highest BCUT2D eigenvalue weighted by molar-refractivity contribution is 7.89. The fourth-order valence-electron chi connectivity index (χ4n) is 2.91. The maximum absolute atomic E-state index is 13.1. The number of hydrogen-bond acceptors (Lipinski definition) is 6. The van der Waals surface area contributed by atoms with Crippen LogP contribution in [0, 0.1) is 0 Å². The molecule has 1 aliphatic heterocycles. The van der Waals surface area contributed by atoms with Crippen LogP contribution in [0.4, 0.5) is 0 Å². The van der Waals surface area contributed by atoms with E-state index in [1.807, 2.05) is 0 Å². The molecule has 28 heavy (non-hydrogen) atoms. The number of methoxy groups -OCH3 is 2. The first kappa shape index (κ1) is 22.1. The highest BCUT2D eigenvalue weighted by Gasteiger charge is 2.30. The van der Waals surface area contributed by atoms with Gasteiger partial charge >= 0.3 is 5.97 Å². The van der Waals surface area contributed by atoms with Crippen molar-refractivity contribution in [3.05, 3.63) is 53.6 Å². The summed E-state index contributed by atoms with van der Waals surface area (Å²) in [6.07, 6.45) is -0.382. The molecule has 0 saturated heterocycles. The van der Waals surface area contributed by atoms with E-state index in [2.05, 4.69) is 0 Å². The summed E-state index contributed by atoms with van der Waals surface area (Å²) in [6, 6.07) is 11.1. The Kier molecular flexibility index (Phi) is 6.97. The number of esters is 1. The van der Waals surface area contributed by atoms with Crippen LogP contribution in [0.15, 0.2) is 47.4 Å². The van der Waals surface area contributed by atoms with Crippen LogP contribution in [-0.4, -0.2) is 45.6 Å². The molecule has 1 aliphatic rings. The fourth-order valence-corrected chi connectivity index (χ4v) is 4.41. The van der Waals surface area contributed by atoms with Gasteiger partial charge in [0.25, 0.3) is 0 Å². The van der Waals surface area contributed by atoms with E-state index < -0.39 is 16.0 Å². The molecule has 0 saturated carbocycles. The molecule has 2 aromatic rings. The number of fused-ring (bicyclic) bond motifs is 1. The third-order valence-electron chi connectivity index (χ3n) is 4.32. The number of carbonyl (C=O) groups excluding carboxylic acids is 1. The second kappa shape index (κ2) is 8.85. The lowest BCUT2D eigenvalue weighted by Crippen LogP contribution is -2.36. The van der Waals surface area contributed by atoms with Crippen molar-refractivity contribution >= 4 is 29.5 Å². The zero-order chi connectivity index (χ0) is 19.6. The van der Waals surface area contributed by atoms with Gasteiger partial charge in [0.2, 0.25) is 10.0 Å². The molecule has 3 rings (SSSR count). The van der Waals surface area contributed by atoms with Gasteiger partial charge in [0.05, 0.1) is 31.2 Å². The van der Waals surface area contributed by atoms with E-state index in [0.29, 0.717) is 22.6 Å². The molecule has 0 bridgehead atoms. The smallest absolute Gasteiger partial charge is 0.337 e. The SMILES string of the molecule is COC(=O)c1ccc2c(c1)O[C@@H](C)CN(S(=O)(=O)c1ccc(OC)cc1)C2.S. The summed E-state index contributed by atoms with van der Waals surface area (Å²) >= 11 is 0. The Balaban J connectivity index is 0.00000280. The monoisotopic (exact) mass is 425 g/mol. The Morgan fingerprint density at radius 2 is 1.82 bits per heavy atom. The van der Waals surface area contributed by atoms with Crippen molar-refractivity contribution in [3.63, 3.8) is 0 Å². The Bertz CT molecular complexity index is 943. The van der Waals surface area contributed by atoms with Crippen LogP contribution in [0.1, 0.15) is 22.8 Å². The van der Waals surface area contributed by atoms with Gasteiger partial charge in [0, 0.05) is 12.1 Å². The van der Waals surface area contributed by atoms with Crippen molar-refractivity contribution < 1.29 is 27.4 Å². The van der Waals surface area contributed by atoms with Crippen LogP contribution in [0.3, 0.4) is 0 Å². The lowest BCUT2D eigenvalue weighted by atomic mass is 10.1. The molecule has 0 aromatic heterocycles. The average Bonchev–Trinajstić information content (AvgIpc) is 2.85. The molecule has 0 radical (unpaired) electrons. The first-order chi connectivity index (χ1) is 12.8. The molecule has 152 valence electrons. The van der Waals surface area contributed by atoms with E-state index in [-0.39, 0.29) is 37.6 Å². The molecule has 1 heterocycles. The predicted octanol–water partition coefficient (Wildman–Crippen LogP) is 2.57. The second-order valence-corrected chi connectivity index (χ2v) is 8.15. The van der Waals surface area contributed by atoms with E-state index in [1.165, 1.54) is 30.7 Å². The number of ether oxygens (including phenoxy) is 3. The van der Waals surface area contributed by atoms with Gasteiger partial charge in [-0.3, -0.25) is 0 Å². The minimum atomic E-state index is -3.71. The minimum Gasteiger partial charge on any atom is -0.497 e. The maximum atomic E-state index is 13.1. The standard InChI is InChI=1S/C19H21NO6S.H2S/c1-13-11-20(27(22,23)17-8-6-16(24-2)7-9-17)12-15-5-4-14(19(21)25-3)10-18(15)26-13;/h4-10,13H,11-12H2,1-3H3;1H2/t13-;/m0./s1. The van der Waals surface area contributed by atoms with Gasteiger partial charge < -0.3 is 14.2 Å². The normalized spacial score (nSPS) is 16.8. The largest absolute Gasteiger partial charge is 0.497 e. The highest BCUT2D eigenvalue weighted by Crippen LogP contribution is 2.30. The van der Waals surface area contributed by atoms with Gasteiger partial charge in [-0.1, -0.05) is 6.07 Å². The summed E-state index contributed by atoms with van der Waals surface area (Å²) in [5.74, 6) is 0.598. The highest BCUT2D eigenvalue weighted by atomic mass is 32.2. The topological polar surface area (TPSA) is 82.1 Å². The molecule has 0 unspecified atom stereocenters. The number of nitrogens with zero attached hydrogens (tertiary/aromatic N) is 1. The molecule has 0 N–H and O–H groups in total. The summed E-state index contributed by atoms with van der Waals surface area (Å²) < 4.78 is 43.2. The number of carbonyl (C=O) groups is 1. The molecule has 7 nitrogen and oxygen atoms in total. The van der Waals surface area contributed by atoms with Crippen molar-refractivity contribution in [3.8, 4) is 11.5 Å². The molecule has 1 atom stereocenters. The van der Waals surface area contributed by atoms with Gasteiger partial charge in [-0.2, -0.15) is 17.8 Å². The van der Waals surface area contributed by atoms with E-state index in [4.69, 9.17) is 14.2 Å². The van der Waals surface area contributed by atoms with Gasteiger partial charge in [-0.15, -0.1) is 0 Å². The van der Waals surface area contributed by atoms with Gasteiger partial charge in [0.15, 0.2) is 0 Å². The number of rotatable bonds is 4. The molecule has 0 aliphatic carbocycles. The third kappa shape index (κ3) is 4.43. The Morgan fingerprint density at radius 1 is 1.14 bits per heavy atom. The summed E-state index contributed by atoms with van der Waals surface area (Å²) in [5.41, 5.74) is 1.04. The van der Waals surface area contributed by atoms with E-state index in [0.717, 1.165) is 0 Å². The van der Waals surface area contributed by atoms with Crippen LogP contribution >= 0.6 is 13.5 Å². The quantitative estimate of drug-likeness (QED) is 0.701. The lowest BCUT2D eigenvalue weighted by Gasteiger charge is -2.21. The van der Waals surface area contributed by atoms with Crippen LogP contribution < -0.4 is 9.47 Å². The van der Waals surface area contributed by atoms with Crippen molar-refractivity contribution in [2.45, 2.75) is 24.5 Å². The van der Waals surface area contributed by atoms with Crippen molar-refractivity contribution in [1.29, 1.82) is 0 Å². The minimum absolute atomic E-state index is 0. The van der Waals surface area contributed by atoms with Crippen LogP contribution in [0.2, 0.25) is 0 Å². The molecule has 0 amide bonds. The second-order valence-electron chi connectivity index (χ2n) is 6.22. The number of hydrogen-bond donors (Lipinski definition) is 0. The van der Waals surface area contributed by atoms with Crippen molar-refractivity contribution in [2.24, 2.45) is 0 Å². The van der Waals surface area contributed by atoms with Crippen molar-refractivity contribution in [2.75, 3.05) is 20.8 Å². The summed E-state index contributed by atoms with van der Waals surface area (Å²) in [6.45, 7) is 2.13. The lowest BCUT2D eigenvalue weighted by molar-refractivity contribution is 0.0600.